The number of hydrogen-bond donors (Lipinski definition) is 4. The summed E-state index contributed by atoms with van der Waals surface area (Å²) in [5.41, 5.74) is 0.594. The van der Waals surface area contributed by atoms with Crippen LogP contribution in [0.5, 0.6) is 5.75 Å². The molecule has 0 radical (unpaired) electrons. The number of phenolic OH excluding ortho intramolecular Hbond substituents is 1. The number of aliphatic hydroxyl groups excluding tert-OH is 1. The largest absolute Gasteiger partial charge is 0.508 e. The van der Waals surface area contributed by atoms with Gasteiger partial charge in [-0.05, 0) is 89.0 Å². The number of aromatic hydroxyl groups is 1. The Balaban J connectivity index is 1.54. The van der Waals surface area contributed by atoms with Crippen molar-refractivity contribution in [2.45, 2.75) is 95.2 Å². The van der Waals surface area contributed by atoms with Gasteiger partial charge in [0.15, 0.2) is 0 Å². The van der Waals surface area contributed by atoms with E-state index in [0.717, 1.165) is 17.7 Å². The molecule has 2 saturated carbocycles. The number of rotatable bonds is 9. The number of hydrogen-bond acceptors (Lipinski definition) is 5. The number of nitrogens with one attached hydrogen (secondary N) is 2. The molecule has 0 bridgehead atoms. The lowest BCUT2D eigenvalue weighted by Gasteiger charge is -2.45. The average molecular weight is 567 g/mol. The Morgan fingerprint density at radius 2 is 1.68 bits per heavy atom. The molecule has 0 saturated heterocycles. The van der Waals surface area contributed by atoms with Gasteiger partial charge in [-0.2, -0.15) is 0 Å². The molecule has 0 heterocycles. The van der Waals surface area contributed by atoms with Crippen LogP contribution in [0.15, 0.2) is 53.4 Å². The summed E-state index contributed by atoms with van der Waals surface area (Å²) in [6.45, 7) is 7.75. The second-order valence-corrected chi connectivity index (χ2v) is 13.9. The molecule has 218 valence electrons. The Kier molecular flexibility index (Phi) is 10.2. The molecular weight excluding hydrogens is 520 g/mol. The molecule has 2 aromatic rings. The molecule has 7 heteroatoms. The highest BCUT2D eigenvalue weighted by atomic mass is 32.2. The Hall–Kier alpha value is -2.51. The Labute approximate surface area is 243 Å². The molecule has 1 unspecified atom stereocenters. The minimum atomic E-state index is -0.812. The predicted octanol–water partition coefficient (Wildman–Crippen LogP) is 6.09. The van der Waals surface area contributed by atoms with E-state index in [2.05, 4.69) is 10.6 Å². The van der Waals surface area contributed by atoms with Crippen LogP contribution in [0.2, 0.25) is 0 Å². The maximum absolute atomic E-state index is 13.5. The van der Waals surface area contributed by atoms with Crippen LogP contribution in [0.4, 0.5) is 0 Å². The van der Waals surface area contributed by atoms with Gasteiger partial charge in [0.05, 0.1) is 12.1 Å². The van der Waals surface area contributed by atoms with E-state index in [4.69, 9.17) is 0 Å². The van der Waals surface area contributed by atoms with Crippen LogP contribution in [0.25, 0.3) is 0 Å². The molecule has 2 aliphatic rings. The molecule has 40 heavy (non-hydrogen) atoms. The van der Waals surface area contributed by atoms with Crippen molar-refractivity contribution in [1.29, 1.82) is 0 Å². The summed E-state index contributed by atoms with van der Waals surface area (Å²) in [5, 5.41) is 28.1. The van der Waals surface area contributed by atoms with Gasteiger partial charge in [-0.3, -0.25) is 9.59 Å². The van der Waals surface area contributed by atoms with Crippen molar-refractivity contribution in [2.75, 3.05) is 5.75 Å². The van der Waals surface area contributed by atoms with Gasteiger partial charge in [0, 0.05) is 33.2 Å². The highest BCUT2D eigenvalue weighted by molar-refractivity contribution is 7.99. The summed E-state index contributed by atoms with van der Waals surface area (Å²) >= 11 is 1.59. The third kappa shape index (κ3) is 8.03. The first-order valence-electron chi connectivity index (χ1n) is 14.8. The highest BCUT2D eigenvalue weighted by Crippen LogP contribution is 2.47. The summed E-state index contributed by atoms with van der Waals surface area (Å²) in [6, 6.07) is 14.3. The van der Waals surface area contributed by atoms with Gasteiger partial charge >= 0.3 is 0 Å². The van der Waals surface area contributed by atoms with Gasteiger partial charge < -0.3 is 20.8 Å². The third-order valence-corrected chi connectivity index (χ3v) is 9.81. The quantitative estimate of drug-likeness (QED) is 0.275. The molecule has 0 aromatic heterocycles. The topological polar surface area (TPSA) is 98.7 Å². The molecule has 6 nitrogen and oxygen atoms in total. The monoisotopic (exact) mass is 566 g/mol. The van der Waals surface area contributed by atoms with Crippen LogP contribution < -0.4 is 10.6 Å². The molecule has 2 aromatic carbocycles. The van der Waals surface area contributed by atoms with Crippen LogP contribution in [-0.4, -0.2) is 45.5 Å². The van der Waals surface area contributed by atoms with E-state index in [9.17, 15) is 19.8 Å². The fourth-order valence-corrected chi connectivity index (χ4v) is 7.59. The Morgan fingerprint density at radius 3 is 2.35 bits per heavy atom. The maximum atomic E-state index is 13.5. The van der Waals surface area contributed by atoms with E-state index in [0.29, 0.717) is 35.1 Å². The fourth-order valence-electron chi connectivity index (χ4n) is 6.56. The van der Waals surface area contributed by atoms with Crippen LogP contribution in [0, 0.1) is 30.6 Å². The van der Waals surface area contributed by atoms with Crippen molar-refractivity contribution in [2.24, 2.45) is 23.7 Å². The number of carbonyl (C=O) groups is 2. The van der Waals surface area contributed by atoms with E-state index in [1.165, 1.54) is 25.7 Å². The minimum absolute atomic E-state index is 0.0559. The average Bonchev–Trinajstić information content (AvgIpc) is 2.91. The maximum Gasteiger partial charge on any atom is 0.252 e. The molecule has 2 fully saturated rings. The summed E-state index contributed by atoms with van der Waals surface area (Å²) in [7, 11) is 0. The number of carbonyl (C=O) groups excluding carboxylic acids is 2. The molecule has 4 rings (SSSR count). The van der Waals surface area contributed by atoms with Crippen molar-refractivity contribution >= 4 is 23.6 Å². The van der Waals surface area contributed by atoms with Gasteiger partial charge in [0.1, 0.15) is 5.75 Å². The highest BCUT2D eigenvalue weighted by Gasteiger charge is 2.43. The van der Waals surface area contributed by atoms with E-state index in [1.54, 1.807) is 36.9 Å². The summed E-state index contributed by atoms with van der Waals surface area (Å²) in [5.74, 6) is 1.43. The van der Waals surface area contributed by atoms with E-state index in [1.807, 2.05) is 51.1 Å². The first-order chi connectivity index (χ1) is 19.0. The van der Waals surface area contributed by atoms with E-state index >= 15 is 0 Å². The fraction of sp³-hybridized carbons (Fsp3) is 0.576. The van der Waals surface area contributed by atoms with Crippen molar-refractivity contribution in [3.8, 4) is 5.75 Å². The molecule has 2 amide bonds. The van der Waals surface area contributed by atoms with Crippen LogP contribution >= 0.6 is 11.8 Å². The van der Waals surface area contributed by atoms with Crippen LogP contribution in [0.3, 0.4) is 0 Å². The molecule has 0 aliphatic heterocycles. The Bertz CT molecular complexity index is 1150. The summed E-state index contributed by atoms with van der Waals surface area (Å²) in [6.07, 6.45) is 6.34. The van der Waals surface area contributed by atoms with Gasteiger partial charge in [-0.1, -0.05) is 49.9 Å². The lowest BCUT2D eigenvalue weighted by atomic mass is 9.62. The number of phenols is 1. The lowest BCUT2D eigenvalue weighted by Crippen LogP contribution is -2.51. The zero-order valence-electron chi connectivity index (χ0n) is 24.4. The van der Waals surface area contributed by atoms with E-state index < -0.39 is 12.1 Å². The number of benzene rings is 2. The Morgan fingerprint density at radius 1 is 1.00 bits per heavy atom. The number of thioether (sulfide) groups is 1. The smallest absolute Gasteiger partial charge is 0.252 e. The van der Waals surface area contributed by atoms with Crippen LogP contribution in [-0.2, 0) is 4.79 Å². The molecule has 6 atom stereocenters. The van der Waals surface area contributed by atoms with Gasteiger partial charge in [-0.15, -0.1) is 11.8 Å². The molecular formula is C33H46N2O4S. The van der Waals surface area contributed by atoms with Crippen LogP contribution in [0.1, 0.15) is 81.6 Å². The minimum Gasteiger partial charge on any atom is -0.508 e. The normalized spacial score (nSPS) is 24.4. The van der Waals surface area contributed by atoms with Gasteiger partial charge in [0.2, 0.25) is 5.91 Å². The zero-order chi connectivity index (χ0) is 28.9. The third-order valence-electron chi connectivity index (χ3n) is 8.68. The SMILES string of the molecule is Cc1c(O)cccc1C(=O)N[C@@H](CSc1ccccc1)[C@H](O)CC1C[C@H]2CCCC[C@H]2C[C@H]1C(=O)NC(C)(C)C. The van der Waals surface area contributed by atoms with Crippen molar-refractivity contribution < 1.29 is 19.8 Å². The number of aliphatic hydroxyl groups is 1. The summed E-state index contributed by atoms with van der Waals surface area (Å²) < 4.78 is 0. The molecule has 4 N–H and O–H groups in total. The van der Waals surface area contributed by atoms with E-state index in [-0.39, 0.29) is 34.9 Å². The second-order valence-electron chi connectivity index (χ2n) is 12.8. The number of amides is 2. The standard InChI is InChI=1S/C33H46N2O4S/c1-21-26(15-10-16-29(21)36)31(38)34-28(20-40-25-13-6-5-7-14-25)30(37)19-24-17-22-11-8-9-12-23(22)18-27(24)32(39)35-33(2,3)4/h5-7,10,13-16,22-24,27-28,30,36-37H,8-9,11-12,17-20H2,1-4H3,(H,34,38)(H,35,39)/t22-,23+,24?,27-,28+,30-/m1/s1. The van der Waals surface area contributed by atoms with Crippen molar-refractivity contribution in [1.82, 2.24) is 10.6 Å². The van der Waals surface area contributed by atoms with Gasteiger partial charge in [-0.25, -0.2) is 0 Å². The van der Waals surface area contributed by atoms with Crippen molar-refractivity contribution in [3.05, 3.63) is 59.7 Å². The second kappa shape index (κ2) is 13.4. The van der Waals surface area contributed by atoms with Crippen molar-refractivity contribution in [3.63, 3.8) is 0 Å². The predicted molar refractivity (Wildman–Crippen MR) is 161 cm³/mol. The lowest BCUT2D eigenvalue weighted by molar-refractivity contribution is -0.132. The van der Waals surface area contributed by atoms with Gasteiger partial charge in [0.25, 0.3) is 5.91 Å². The summed E-state index contributed by atoms with van der Waals surface area (Å²) in [4.78, 5) is 27.9. The molecule has 2 aliphatic carbocycles. The first-order valence-corrected chi connectivity index (χ1v) is 15.8. The number of fused-ring (bicyclic) bond motifs is 1. The zero-order valence-corrected chi connectivity index (χ0v) is 25.2. The first kappa shape index (κ1) is 30.4. The molecule has 0 spiro atoms.